The molecule has 7 nitrogen and oxygen atoms in total. The van der Waals surface area contributed by atoms with Gasteiger partial charge >= 0.3 is 0 Å². The summed E-state index contributed by atoms with van der Waals surface area (Å²) in [6.45, 7) is 6.78. The Hall–Kier alpha value is -2.94. The van der Waals surface area contributed by atoms with Gasteiger partial charge in [-0.25, -0.2) is 12.8 Å². The molecular formula is C24H32FN3O4S. The van der Waals surface area contributed by atoms with Crippen LogP contribution in [0.5, 0.6) is 0 Å². The molecule has 0 unspecified atom stereocenters. The number of hydrogen-bond donors (Lipinski definition) is 1. The molecule has 0 heterocycles. The Morgan fingerprint density at radius 2 is 1.73 bits per heavy atom. The van der Waals surface area contributed by atoms with E-state index in [2.05, 4.69) is 5.32 Å². The fourth-order valence-electron chi connectivity index (χ4n) is 3.23. The third kappa shape index (κ3) is 7.56. The smallest absolute Gasteiger partial charge is 0.244 e. The molecule has 2 rings (SSSR count). The maximum atomic E-state index is 13.4. The Bertz CT molecular complexity index is 1070. The highest BCUT2D eigenvalue weighted by Gasteiger charge is 2.30. The Balaban J connectivity index is 2.37. The van der Waals surface area contributed by atoms with Crippen molar-refractivity contribution in [2.45, 2.75) is 52.7 Å². The summed E-state index contributed by atoms with van der Waals surface area (Å²) in [5.74, 6) is -1.30. The summed E-state index contributed by atoms with van der Waals surface area (Å²) in [4.78, 5) is 27.5. The summed E-state index contributed by atoms with van der Waals surface area (Å²) < 4.78 is 39.4. The summed E-state index contributed by atoms with van der Waals surface area (Å²) in [6, 6.07) is 11.5. The largest absolute Gasteiger partial charge is 0.352 e. The van der Waals surface area contributed by atoms with Gasteiger partial charge in [-0.2, -0.15) is 0 Å². The van der Waals surface area contributed by atoms with Crippen LogP contribution in [-0.2, 0) is 26.2 Å². The van der Waals surface area contributed by atoms with Crippen LogP contribution in [0.25, 0.3) is 0 Å². The Labute approximate surface area is 195 Å². The van der Waals surface area contributed by atoms with Gasteiger partial charge in [-0.05, 0) is 62.6 Å². The van der Waals surface area contributed by atoms with E-state index < -0.39 is 34.3 Å². The summed E-state index contributed by atoms with van der Waals surface area (Å²) in [7, 11) is -3.77. The fourth-order valence-corrected chi connectivity index (χ4v) is 4.07. The zero-order valence-electron chi connectivity index (χ0n) is 19.7. The van der Waals surface area contributed by atoms with Gasteiger partial charge in [0.25, 0.3) is 0 Å². The van der Waals surface area contributed by atoms with Crippen molar-refractivity contribution < 1.29 is 22.4 Å². The van der Waals surface area contributed by atoms with E-state index in [9.17, 15) is 22.4 Å². The van der Waals surface area contributed by atoms with Gasteiger partial charge in [-0.15, -0.1) is 0 Å². The number of benzene rings is 2. The summed E-state index contributed by atoms with van der Waals surface area (Å²) in [6.07, 6.45) is 1.76. The van der Waals surface area contributed by atoms with Crippen molar-refractivity contribution in [1.82, 2.24) is 10.2 Å². The van der Waals surface area contributed by atoms with Crippen molar-refractivity contribution in [3.05, 3.63) is 65.5 Å². The molecule has 0 fully saturated rings. The van der Waals surface area contributed by atoms with Crippen LogP contribution in [0.3, 0.4) is 0 Å². The highest BCUT2D eigenvalue weighted by Crippen LogP contribution is 2.20. The molecule has 2 amide bonds. The van der Waals surface area contributed by atoms with Crippen LogP contribution in [-0.4, -0.2) is 50.0 Å². The van der Waals surface area contributed by atoms with Crippen LogP contribution < -0.4 is 9.62 Å². The molecule has 0 aliphatic rings. The first-order valence-electron chi connectivity index (χ1n) is 10.8. The van der Waals surface area contributed by atoms with E-state index in [1.807, 2.05) is 26.8 Å². The van der Waals surface area contributed by atoms with E-state index in [0.717, 1.165) is 22.5 Å². The van der Waals surface area contributed by atoms with Crippen LogP contribution in [0, 0.1) is 12.7 Å². The molecule has 0 saturated carbocycles. The molecular weight excluding hydrogens is 445 g/mol. The van der Waals surface area contributed by atoms with Crippen molar-refractivity contribution in [3.63, 3.8) is 0 Å². The van der Waals surface area contributed by atoms with Gasteiger partial charge in [-0.3, -0.25) is 13.9 Å². The standard InChI is InChI=1S/C24H32FN3O4S/c1-6-18(3)26-24(30)19(4)27(15-20-10-12-21(25)13-11-20)23(29)16-28(33(5,31)32)22-9-7-8-17(2)14-22/h7-14,18-19H,6,15-16H2,1-5H3,(H,26,30)/t18-,19+/m0/s1. The highest BCUT2D eigenvalue weighted by molar-refractivity contribution is 7.92. The molecule has 180 valence electrons. The molecule has 2 aromatic carbocycles. The number of nitrogens with one attached hydrogen (secondary N) is 1. The van der Waals surface area contributed by atoms with Crippen molar-refractivity contribution in [3.8, 4) is 0 Å². The molecule has 9 heteroatoms. The molecule has 0 aliphatic heterocycles. The van der Waals surface area contributed by atoms with Crippen molar-refractivity contribution in [2.75, 3.05) is 17.1 Å². The first kappa shape index (κ1) is 26.3. The maximum Gasteiger partial charge on any atom is 0.244 e. The van der Waals surface area contributed by atoms with Crippen molar-refractivity contribution in [1.29, 1.82) is 0 Å². The van der Waals surface area contributed by atoms with Crippen LogP contribution in [0.2, 0.25) is 0 Å². The lowest BCUT2D eigenvalue weighted by atomic mass is 10.1. The average molecular weight is 478 g/mol. The van der Waals surface area contributed by atoms with Crippen LogP contribution >= 0.6 is 0 Å². The number of sulfonamides is 1. The number of hydrogen-bond acceptors (Lipinski definition) is 4. The first-order chi connectivity index (χ1) is 15.4. The van der Waals surface area contributed by atoms with Gasteiger partial charge in [0.2, 0.25) is 21.8 Å². The number of anilines is 1. The predicted octanol–water partition coefficient (Wildman–Crippen LogP) is 3.23. The van der Waals surface area contributed by atoms with E-state index in [1.54, 1.807) is 25.1 Å². The van der Waals surface area contributed by atoms with Crippen LogP contribution in [0.4, 0.5) is 10.1 Å². The number of aryl methyl sites for hydroxylation is 1. The van der Waals surface area contributed by atoms with E-state index >= 15 is 0 Å². The third-order valence-electron chi connectivity index (χ3n) is 5.40. The predicted molar refractivity (Wildman–Crippen MR) is 128 cm³/mol. The minimum atomic E-state index is -3.77. The van der Waals surface area contributed by atoms with Crippen LogP contribution in [0.15, 0.2) is 48.5 Å². The second-order valence-corrected chi connectivity index (χ2v) is 10.2. The molecule has 0 radical (unpaired) electrons. The normalized spacial score (nSPS) is 13.2. The lowest BCUT2D eigenvalue weighted by Crippen LogP contribution is -2.52. The van der Waals surface area contributed by atoms with E-state index in [1.165, 1.54) is 29.2 Å². The third-order valence-corrected chi connectivity index (χ3v) is 6.54. The number of carbonyl (C=O) groups excluding carboxylic acids is 2. The minimum Gasteiger partial charge on any atom is -0.352 e. The molecule has 0 saturated heterocycles. The van der Waals surface area contributed by atoms with E-state index in [0.29, 0.717) is 11.3 Å². The fraction of sp³-hybridized carbons (Fsp3) is 0.417. The van der Waals surface area contributed by atoms with Gasteiger partial charge in [0.05, 0.1) is 11.9 Å². The zero-order valence-corrected chi connectivity index (χ0v) is 20.5. The number of nitrogens with zero attached hydrogens (tertiary/aromatic N) is 2. The second-order valence-electron chi connectivity index (χ2n) is 8.25. The zero-order chi connectivity index (χ0) is 24.8. The van der Waals surface area contributed by atoms with E-state index in [4.69, 9.17) is 0 Å². The highest BCUT2D eigenvalue weighted by atomic mass is 32.2. The maximum absolute atomic E-state index is 13.4. The SMILES string of the molecule is CC[C@H](C)NC(=O)[C@@H](C)N(Cc1ccc(F)cc1)C(=O)CN(c1cccc(C)c1)S(C)(=O)=O. The Morgan fingerprint density at radius 1 is 1.09 bits per heavy atom. The van der Waals surface area contributed by atoms with Gasteiger partial charge in [0, 0.05) is 12.6 Å². The summed E-state index contributed by atoms with van der Waals surface area (Å²) in [5, 5.41) is 2.86. The minimum absolute atomic E-state index is 0.0274. The molecule has 0 aliphatic carbocycles. The molecule has 0 aromatic heterocycles. The molecule has 2 aromatic rings. The second kappa shape index (κ2) is 11.3. The molecule has 2 atom stereocenters. The van der Waals surface area contributed by atoms with Gasteiger partial charge in [-0.1, -0.05) is 31.2 Å². The molecule has 1 N–H and O–H groups in total. The lowest BCUT2D eigenvalue weighted by molar-refractivity contribution is -0.139. The lowest BCUT2D eigenvalue weighted by Gasteiger charge is -2.32. The van der Waals surface area contributed by atoms with Crippen molar-refractivity contribution >= 4 is 27.5 Å². The number of halogens is 1. The number of rotatable bonds is 10. The van der Waals surface area contributed by atoms with Gasteiger partial charge < -0.3 is 10.2 Å². The van der Waals surface area contributed by atoms with Gasteiger partial charge in [0.1, 0.15) is 18.4 Å². The summed E-state index contributed by atoms with van der Waals surface area (Å²) in [5.41, 5.74) is 1.83. The summed E-state index contributed by atoms with van der Waals surface area (Å²) >= 11 is 0. The topological polar surface area (TPSA) is 86.8 Å². The monoisotopic (exact) mass is 477 g/mol. The number of carbonyl (C=O) groups is 2. The van der Waals surface area contributed by atoms with Crippen LogP contribution in [0.1, 0.15) is 38.3 Å². The number of amides is 2. The van der Waals surface area contributed by atoms with Gasteiger partial charge in [0.15, 0.2) is 0 Å². The molecule has 0 spiro atoms. The Morgan fingerprint density at radius 3 is 2.27 bits per heavy atom. The van der Waals surface area contributed by atoms with Crippen molar-refractivity contribution in [2.24, 2.45) is 0 Å². The van der Waals surface area contributed by atoms with E-state index in [-0.39, 0.29) is 18.5 Å². The quantitative estimate of drug-likeness (QED) is 0.569. The molecule has 33 heavy (non-hydrogen) atoms. The Kier molecular flexibility index (Phi) is 8.99. The molecule has 0 bridgehead atoms. The average Bonchev–Trinajstić information content (AvgIpc) is 2.75. The first-order valence-corrected chi connectivity index (χ1v) is 12.7.